The van der Waals surface area contributed by atoms with Crippen molar-refractivity contribution < 1.29 is 0 Å². The molecular weight excluding hydrogens is 228 g/mol. The van der Waals surface area contributed by atoms with Crippen molar-refractivity contribution in [2.24, 2.45) is 0 Å². The fourth-order valence-electron chi connectivity index (χ4n) is 1.75. The average molecular weight is 240 g/mol. The zero-order valence-electron chi connectivity index (χ0n) is 9.61. The van der Waals surface area contributed by atoms with Crippen LogP contribution in [0.1, 0.15) is 5.56 Å². The number of hydrogen-bond acceptors (Lipinski definition) is 5. The van der Waals surface area contributed by atoms with E-state index in [4.69, 9.17) is 5.73 Å². The van der Waals surface area contributed by atoms with Crippen LogP contribution in [0.15, 0.2) is 43.1 Å². The molecule has 0 amide bonds. The highest BCUT2D eigenvalue weighted by Crippen LogP contribution is 2.15. The summed E-state index contributed by atoms with van der Waals surface area (Å²) in [4.78, 5) is 12.6. The molecule has 0 atom stereocenters. The normalized spacial score (nSPS) is 10.7. The molecule has 3 N–H and O–H groups in total. The first kappa shape index (κ1) is 10.5. The molecule has 6 heteroatoms. The lowest BCUT2D eigenvalue weighted by Crippen LogP contribution is -2.04. The van der Waals surface area contributed by atoms with Gasteiger partial charge in [-0.05, 0) is 11.6 Å². The van der Waals surface area contributed by atoms with Crippen molar-refractivity contribution in [1.29, 1.82) is 0 Å². The number of aromatic nitrogens is 4. The largest absolute Gasteiger partial charge is 0.383 e. The molecule has 0 aliphatic carbocycles. The van der Waals surface area contributed by atoms with Crippen LogP contribution in [0.3, 0.4) is 0 Å². The molecule has 6 nitrogen and oxygen atoms in total. The van der Waals surface area contributed by atoms with Gasteiger partial charge in [-0.25, -0.2) is 9.97 Å². The fraction of sp³-hybridized carbons (Fsp3) is 0.0833. The van der Waals surface area contributed by atoms with Gasteiger partial charge in [0.25, 0.3) is 0 Å². The van der Waals surface area contributed by atoms with Crippen LogP contribution in [-0.4, -0.2) is 19.4 Å². The number of nitrogens with one attached hydrogen (secondary N) is 1. The van der Waals surface area contributed by atoms with Crippen LogP contribution in [0.25, 0.3) is 5.65 Å². The smallest absolute Gasteiger partial charge is 0.181 e. The summed E-state index contributed by atoms with van der Waals surface area (Å²) in [6.07, 6.45) is 8.65. The van der Waals surface area contributed by atoms with Gasteiger partial charge in [0.15, 0.2) is 11.5 Å². The molecule has 0 aliphatic heterocycles. The van der Waals surface area contributed by atoms with E-state index in [0.29, 0.717) is 18.2 Å². The second kappa shape index (κ2) is 4.33. The fourth-order valence-corrected chi connectivity index (χ4v) is 1.75. The Labute approximate surface area is 104 Å². The Morgan fingerprint density at radius 2 is 2.17 bits per heavy atom. The van der Waals surface area contributed by atoms with Gasteiger partial charge in [0.2, 0.25) is 0 Å². The van der Waals surface area contributed by atoms with Gasteiger partial charge in [-0.3, -0.25) is 9.38 Å². The van der Waals surface area contributed by atoms with E-state index in [9.17, 15) is 0 Å². The quantitative estimate of drug-likeness (QED) is 0.721. The number of pyridine rings is 1. The molecule has 0 unspecified atom stereocenters. The van der Waals surface area contributed by atoms with Gasteiger partial charge in [-0.2, -0.15) is 0 Å². The zero-order valence-corrected chi connectivity index (χ0v) is 9.61. The number of rotatable bonds is 3. The van der Waals surface area contributed by atoms with Crippen molar-refractivity contribution in [1.82, 2.24) is 19.4 Å². The number of fused-ring (bicyclic) bond motifs is 1. The lowest BCUT2D eigenvalue weighted by Gasteiger charge is -2.06. The predicted molar refractivity (Wildman–Crippen MR) is 69.0 cm³/mol. The number of nitrogens with two attached hydrogens (primary N) is 1. The molecule has 0 saturated carbocycles. The first-order valence-corrected chi connectivity index (χ1v) is 5.55. The molecule has 0 saturated heterocycles. The molecule has 0 bridgehead atoms. The van der Waals surface area contributed by atoms with Gasteiger partial charge in [-0.15, -0.1) is 0 Å². The van der Waals surface area contributed by atoms with E-state index in [-0.39, 0.29) is 0 Å². The van der Waals surface area contributed by atoms with Crippen LogP contribution in [0.2, 0.25) is 0 Å². The Morgan fingerprint density at radius 3 is 3.00 bits per heavy atom. The molecule has 3 aromatic heterocycles. The Kier molecular flexibility index (Phi) is 2.53. The van der Waals surface area contributed by atoms with Crippen LogP contribution < -0.4 is 11.1 Å². The molecule has 0 aliphatic rings. The van der Waals surface area contributed by atoms with E-state index in [1.54, 1.807) is 29.2 Å². The van der Waals surface area contributed by atoms with Crippen LogP contribution in [0, 0.1) is 0 Å². The predicted octanol–water partition coefficient (Wildman–Crippen LogP) is 1.32. The molecule has 3 rings (SSSR count). The van der Waals surface area contributed by atoms with Crippen LogP contribution in [0.4, 0.5) is 11.6 Å². The van der Waals surface area contributed by atoms with Crippen molar-refractivity contribution in [2.75, 3.05) is 11.1 Å². The maximum absolute atomic E-state index is 5.79. The zero-order chi connectivity index (χ0) is 12.4. The number of hydrogen-bond donors (Lipinski definition) is 2. The van der Waals surface area contributed by atoms with E-state index in [0.717, 1.165) is 11.2 Å². The second-order valence-corrected chi connectivity index (χ2v) is 3.87. The van der Waals surface area contributed by atoms with Gasteiger partial charge < -0.3 is 11.1 Å². The van der Waals surface area contributed by atoms with Crippen molar-refractivity contribution >= 4 is 17.3 Å². The summed E-state index contributed by atoms with van der Waals surface area (Å²) in [6, 6.07) is 3.90. The Hall–Kier alpha value is -2.63. The van der Waals surface area contributed by atoms with E-state index < -0.39 is 0 Å². The summed E-state index contributed by atoms with van der Waals surface area (Å²) >= 11 is 0. The number of nitrogen functional groups attached to an aromatic ring is 1. The number of imidazole rings is 1. The lowest BCUT2D eigenvalue weighted by molar-refractivity contribution is 1.06. The van der Waals surface area contributed by atoms with E-state index in [2.05, 4.69) is 20.3 Å². The van der Waals surface area contributed by atoms with Crippen molar-refractivity contribution in [3.05, 3.63) is 48.7 Å². The average Bonchev–Trinajstić information content (AvgIpc) is 2.80. The van der Waals surface area contributed by atoms with E-state index in [1.807, 2.05) is 18.3 Å². The summed E-state index contributed by atoms with van der Waals surface area (Å²) in [7, 11) is 0. The summed E-state index contributed by atoms with van der Waals surface area (Å²) in [5.74, 6) is 1.30. The summed E-state index contributed by atoms with van der Waals surface area (Å²) < 4.78 is 1.79. The molecular formula is C12H12N6. The monoisotopic (exact) mass is 240 g/mol. The highest BCUT2D eigenvalue weighted by Gasteiger charge is 2.05. The van der Waals surface area contributed by atoms with Crippen molar-refractivity contribution in [3.8, 4) is 0 Å². The SMILES string of the molecule is Nc1cnc2c(NCc3cccnc3)nccn12. The van der Waals surface area contributed by atoms with Crippen molar-refractivity contribution in [3.63, 3.8) is 0 Å². The molecule has 0 fully saturated rings. The molecule has 18 heavy (non-hydrogen) atoms. The summed E-state index contributed by atoms with van der Waals surface area (Å²) in [5.41, 5.74) is 7.59. The van der Waals surface area contributed by atoms with Gasteiger partial charge in [-0.1, -0.05) is 6.07 Å². The Morgan fingerprint density at radius 1 is 1.22 bits per heavy atom. The minimum Gasteiger partial charge on any atom is -0.383 e. The van der Waals surface area contributed by atoms with Crippen LogP contribution >= 0.6 is 0 Å². The third-order valence-electron chi connectivity index (χ3n) is 2.64. The summed E-state index contributed by atoms with van der Waals surface area (Å²) in [5, 5.41) is 3.23. The lowest BCUT2D eigenvalue weighted by atomic mass is 10.3. The minimum atomic E-state index is 0.594. The van der Waals surface area contributed by atoms with E-state index >= 15 is 0 Å². The molecule has 0 radical (unpaired) electrons. The number of nitrogens with zero attached hydrogens (tertiary/aromatic N) is 4. The Balaban J connectivity index is 1.87. The van der Waals surface area contributed by atoms with Crippen LogP contribution in [-0.2, 0) is 6.54 Å². The molecule has 0 spiro atoms. The first-order valence-electron chi connectivity index (χ1n) is 5.55. The maximum Gasteiger partial charge on any atom is 0.181 e. The highest BCUT2D eigenvalue weighted by atomic mass is 15.1. The maximum atomic E-state index is 5.79. The minimum absolute atomic E-state index is 0.594. The third-order valence-corrected chi connectivity index (χ3v) is 2.64. The van der Waals surface area contributed by atoms with Gasteiger partial charge >= 0.3 is 0 Å². The van der Waals surface area contributed by atoms with Crippen molar-refractivity contribution in [2.45, 2.75) is 6.54 Å². The highest BCUT2D eigenvalue weighted by molar-refractivity contribution is 5.65. The van der Waals surface area contributed by atoms with Gasteiger partial charge in [0.05, 0.1) is 6.20 Å². The third kappa shape index (κ3) is 1.84. The molecule has 3 heterocycles. The molecule has 0 aromatic carbocycles. The van der Waals surface area contributed by atoms with E-state index in [1.165, 1.54) is 0 Å². The first-order chi connectivity index (χ1) is 8.84. The second-order valence-electron chi connectivity index (χ2n) is 3.87. The van der Waals surface area contributed by atoms with Gasteiger partial charge in [0.1, 0.15) is 5.82 Å². The Bertz CT molecular complexity index is 661. The topological polar surface area (TPSA) is 81.1 Å². The van der Waals surface area contributed by atoms with Crippen LogP contribution in [0.5, 0.6) is 0 Å². The number of anilines is 2. The molecule has 3 aromatic rings. The summed E-state index contributed by atoms with van der Waals surface area (Å²) in [6.45, 7) is 0.646. The molecule has 90 valence electrons. The van der Waals surface area contributed by atoms with Gasteiger partial charge in [0, 0.05) is 31.3 Å². The standard InChI is InChI=1S/C12H12N6/c13-10-8-17-12-11(15-4-5-18(10)12)16-7-9-2-1-3-14-6-9/h1-6,8H,7,13H2,(H,15,16).